The molecule has 84 valence electrons. The normalized spacial score (nSPS) is 12.9. The average molecular weight is 210 g/mol. The van der Waals surface area contributed by atoms with E-state index in [0.29, 0.717) is 0 Å². The molecular weight excluding hydrogens is 192 g/mol. The van der Waals surface area contributed by atoms with Crippen LogP contribution >= 0.6 is 0 Å². The molecule has 1 rings (SSSR count). The number of nitrogens with zero attached hydrogens (tertiary/aromatic N) is 1. The minimum absolute atomic E-state index is 0.0728. The highest BCUT2D eigenvalue weighted by Crippen LogP contribution is 2.11. The second-order valence-electron chi connectivity index (χ2n) is 3.52. The highest BCUT2D eigenvalue weighted by Gasteiger charge is 2.15. The Morgan fingerprint density at radius 3 is 2.47 bits per heavy atom. The van der Waals surface area contributed by atoms with E-state index in [-0.39, 0.29) is 12.3 Å². The van der Waals surface area contributed by atoms with Crippen LogP contribution in [0.5, 0.6) is 0 Å². The van der Waals surface area contributed by atoms with Gasteiger partial charge in [-0.3, -0.25) is 4.98 Å². The molecule has 0 amide bonds. The van der Waals surface area contributed by atoms with Gasteiger partial charge in [0.25, 0.3) is 0 Å². The molecule has 0 fully saturated rings. The predicted molar refractivity (Wildman–Crippen MR) is 59.9 cm³/mol. The van der Waals surface area contributed by atoms with Crippen LogP contribution in [0.25, 0.3) is 0 Å². The first-order valence-electron chi connectivity index (χ1n) is 4.91. The van der Waals surface area contributed by atoms with E-state index in [1.807, 2.05) is 26.1 Å². The van der Waals surface area contributed by atoms with Crippen molar-refractivity contribution in [3.8, 4) is 0 Å². The third-order valence-electron chi connectivity index (χ3n) is 2.14. The van der Waals surface area contributed by atoms with Crippen molar-refractivity contribution in [1.82, 2.24) is 4.98 Å². The zero-order valence-corrected chi connectivity index (χ0v) is 9.65. The number of ether oxygens (including phenoxy) is 2. The van der Waals surface area contributed by atoms with Crippen molar-refractivity contribution in [2.45, 2.75) is 26.2 Å². The van der Waals surface area contributed by atoms with E-state index in [1.54, 1.807) is 20.4 Å². The standard InChI is InChI=1S/C11H18N2O2/c1-8-5-10(7-12-6-8)13-9(2)11(14-3)15-4/h5-7,9,11,13H,1-4H3. The molecule has 4 nitrogen and oxygen atoms in total. The minimum Gasteiger partial charge on any atom is -0.376 e. The summed E-state index contributed by atoms with van der Waals surface area (Å²) in [5, 5.41) is 3.27. The lowest BCUT2D eigenvalue weighted by atomic mass is 10.2. The maximum absolute atomic E-state index is 5.16. The molecule has 1 unspecified atom stereocenters. The molecule has 0 aliphatic rings. The van der Waals surface area contributed by atoms with Crippen LogP contribution in [0.1, 0.15) is 12.5 Å². The molecule has 0 aliphatic heterocycles. The van der Waals surface area contributed by atoms with Gasteiger partial charge in [-0.15, -0.1) is 0 Å². The average Bonchev–Trinajstić information content (AvgIpc) is 2.19. The van der Waals surface area contributed by atoms with E-state index in [4.69, 9.17) is 9.47 Å². The summed E-state index contributed by atoms with van der Waals surface area (Å²) >= 11 is 0. The molecule has 0 bridgehead atoms. The van der Waals surface area contributed by atoms with Crippen molar-refractivity contribution in [1.29, 1.82) is 0 Å². The molecule has 15 heavy (non-hydrogen) atoms. The van der Waals surface area contributed by atoms with E-state index >= 15 is 0 Å². The summed E-state index contributed by atoms with van der Waals surface area (Å²) in [6.07, 6.45) is 3.34. The third kappa shape index (κ3) is 3.49. The maximum Gasteiger partial charge on any atom is 0.176 e. The third-order valence-corrected chi connectivity index (χ3v) is 2.14. The lowest BCUT2D eigenvalue weighted by Crippen LogP contribution is -2.33. The molecule has 0 spiro atoms. The molecule has 0 saturated heterocycles. The Bertz CT molecular complexity index is 300. The smallest absolute Gasteiger partial charge is 0.176 e. The molecule has 1 heterocycles. The van der Waals surface area contributed by atoms with Gasteiger partial charge in [0.2, 0.25) is 0 Å². The largest absolute Gasteiger partial charge is 0.376 e. The number of pyridine rings is 1. The molecule has 0 aliphatic carbocycles. The van der Waals surface area contributed by atoms with Gasteiger partial charge in [0, 0.05) is 26.6 Å². The second-order valence-corrected chi connectivity index (χ2v) is 3.52. The summed E-state index contributed by atoms with van der Waals surface area (Å²) < 4.78 is 10.3. The molecule has 0 saturated carbocycles. The topological polar surface area (TPSA) is 43.4 Å². The quantitative estimate of drug-likeness (QED) is 0.753. The number of nitrogens with one attached hydrogen (secondary N) is 1. The fourth-order valence-corrected chi connectivity index (χ4v) is 1.47. The van der Waals surface area contributed by atoms with Crippen LogP contribution in [0.4, 0.5) is 5.69 Å². The molecular formula is C11H18N2O2. The van der Waals surface area contributed by atoms with Crippen molar-refractivity contribution in [3.05, 3.63) is 24.0 Å². The predicted octanol–water partition coefficient (Wildman–Crippen LogP) is 1.81. The Labute approximate surface area is 90.6 Å². The first-order chi connectivity index (χ1) is 7.17. The van der Waals surface area contributed by atoms with Gasteiger partial charge in [-0.25, -0.2) is 0 Å². The zero-order valence-electron chi connectivity index (χ0n) is 9.65. The van der Waals surface area contributed by atoms with Gasteiger partial charge in [-0.2, -0.15) is 0 Å². The number of aryl methyl sites for hydroxylation is 1. The van der Waals surface area contributed by atoms with Crippen LogP contribution in [-0.2, 0) is 9.47 Å². The maximum atomic E-state index is 5.16. The van der Waals surface area contributed by atoms with Crippen molar-refractivity contribution < 1.29 is 9.47 Å². The van der Waals surface area contributed by atoms with Crippen LogP contribution in [-0.4, -0.2) is 31.5 Å². The van der Waals surface area contributed by atoms with Crippen molar-refractivity contribution in [2.24, 2.45) is 0 Å². The number of methoxy groups -OCH3 is 2. The van der Waals surface area contributed by atoms with Gasteiger partial charge in [0.1, 0.15) is 0 Å². The summed E-state index contributed by atoms with van der Waals surface area (Å²) in [6.45, 7) is 4.01. The molecule has 0 radical (unpaired) electrons. The lowest BCUT2D eigenvalue weighted by Gasteiger charge is -2.22. The van der Waals surface area contributed by atoms with Crippen molar-refractivity contribution in [2.75, 3.05) is 19.5 Å². The van der Waals surface area contributed by atoms with Crippen molar-refractivity contribution in [3.63, 3.8) is 0 Å². The lowest BCUT2D eigenvalue weighted by molar-refractivity contribution is -0.109. The van der Waals surface area contributed by atoms with E-state index in [0.717, 1.165) is 11.3 Å². The first-order valence-corrected chi connectivity index (χ1v) is 4.91. The van der Waals surface area contributed by atoms with Gasteiger partial charge in [-0.05, 0) is 25.5 Å². The SMILES string of the molecule is COC(OC)C(C)Nc1cncc(C)c1. The first kappa shape index (κ1) is 11.9. The van der Waals surface area contributed by atoms with Gasteiger partial charge in [0.05, 0.1) is 11.7 Å². The monoisotopic (exact) mass is 210 g/mol. The van der Waals surface area contributed by atoms with Gasteiger partial charge in [-0.1, -0.05) is 0 Å². The zero-order chi connectivity index (χ0) is 11.3. The van der Waals surface area contributed by atoms with Gasteiger partial charge >= 0.3 is 0 Å². The minimum atomic E-state index is -0.259. The molecule has 1 atom stereocenters. The van der Waals surface area contributed by atoms with Crippen LogP contribution in [0, 0.1) is 6.92 Å². The van der Waals surface area contributed by atoms with E-state index in [2.05, 4.69) is 10.3 Å². The molecule has 1 N–H and O–H groups in total. The highest BCUT2D eigenvalue weighted by atomic mass is 16.7. The Kier molecular flexibility index (Phi) is 4.52. The Hall–Kier alpha value is -1.13. The summed E-state index contributed by atoms with van der Waals surface area (Å²) in [5.74, 6) is 0. The number of aromatic nitrogens is 1. The number of hydrogen-bond donors (Lipinski definition) is 1. The Morgan fingerprint density at radius 1 is 1.27 bits per heavy atom. The second kappa shape index (κ2) is 5.68. The van der Waals surface area contributed by atoms with E-state index in [9.17, 15) is 0 Å². The Morgan fingerprint density at radius 2 is 1.93 bits per heavy atom. The number of anilines is 1. The number of hydrogen-bond acceptors (Lipinski definition) is 4. The van der Waals surface area contributed by atoms with Gasteiger partial charge < -0.3 is 14.8 Å². The molecule has 1 aromatic rings. The number of rotatable bonds is 5. The summed E-state index contributed by atoms with van der Waals surface area (Å²) in [5.41, 5.74) is 2.10. The fourth-order valence-electron chi connectivity index (χ4n) is 1.47. The highest BCUT2D eigenvalue weighted by molar-refractivity contribution is 5.43. The molecule has 0 aromatic carbocycles. The van der Waals surface area contributed by atoms with Crippen LogP contribution < -0.4 is 5.32 Å². The van der Waals surface area contributed by atoms with Crippen molar-refractivity contribution >= 4 is 5.69 Å². The Balaban J connectivity index is 2.61. The fraction of sp³-hybridized carbons (Fsp3) is 0.545. The van der Waals surface area contributed by atoms with Crippen LogP contribution in [0.3, 0.4) is 0 Å². The van der Waals surface area contributed by atoms with Crippen LogP contribution in [0.15, 0.2) is 18.5 Å². The summed E-state index contributed by atoms with van der Waals surface area (Å²) in [7, 11) is 3.25. The summed E-state index contributed by atoms with van der Waals surface area (Å²) in [6, 6.07) is 2.11. The van der Waals surface area contributed by atoms with Crippen LogP contribution in [0.2, 0.25) is 0 Å². The summed E-state index contributed by atoms with van der Waals surface area (Å²) in [4.78, 5) is 4.10. The van der Waals surface area contributed by atoms with E-state index in [1.165, 1.54) is 0 Å². The molecule has 1 aromatic heterocycles. The van der Waals surface area contributed by atoms with E-state index < -0.39 is 0 Å². The van der Waals surface area contributed by atoms with Gasteiger partial charge in [0.15, 0.2) is 6.29 Å². The molecule has 4 heteroatoms.